The van der Waals surface area contributed by atoms with Gasteiger partial charge in [0.05, 0.1) is 20.6 Å². The minimum atomic E-state index is -0.0807. The zero-order chi connectivity index (χ0) is 10.8. The molecule has 1 atom stereocenters. The average Bonchev–Trinajstić information content (AvgIpc) is 2.64. The molecule has 1 heterocycles. The van der Waals surface area contributed by atoms with Crippen LogP contribution < -0.4 is 0 Å². The molecular formula is C11H10BrNOS. The SMILES string of the molecule is CC(=O)C(Br)Cc1ccc2ncsc2c1. The van der Waals surface area contributed by atoms with Crippen molar-refractivity contribution in [3.63, 3.8) is 0 Å². The predicted molar refractivity (Wildman–Crippen MR) is 66.7 cm³/mol. The highest BCUT2D eigenvalue weighted by atomic mass is 79.9. The monoisotopic (exact) mass is 283 g/mol. The maximum atomic E-state index is 11.1. The molecule has 0 bridgehead atoms. The fraction of sp³-hybridized carbons (Fsp3) is 0.273. The molecule has 0 fully saturated rings. The number of rotatable bonds is 3. The smallest absolute Gasteiger partial charge is 0.143 e. The van der Waals surface area contributed by atoms with Gasteiger partial charge in [0.15, 0.2) is 0 Å². The summed E-state index contributed by atoms with van der Waals surface area (Å²) in [5.41, 5.74) is 4.03. The molecule has 0 radical (unpaired) electrons. The van der Waals surface area contributed by atoms with E-state index in [1.165, 1.54) is 10.3 Å². The quantitative estimate of drug-likeness (QED) is 0.810. The Labute approximate surface area is 100 Å². The summed E-state index contributed by atoms with van der Waals surface area (Å²) in [6.45, 7) is 1.60. The molecule has 0 saturated heterocycles. The number of hydrogen-bond donors (Lipinski definition) is 0. The van der Waals surface area contributed by atoms with E-state index in [9.17, 15) is 4.79 Å². The van der Waals surface area contributed by atoms with E-state index in [1.54, 1.807) is 18.3 Å². The molecule has 0 N–H and O–H groups in total. The Kier molecular flexibility index (Phi) is 3.17. The molecule has 1 aromatic heterocycles. The van der Waals surface area contributed by atoms with Gasteiger partial charge in [0.25, 0.3) is 0 Å². The Morgan fingerprint density at radius 3 is 3.13 bits per heavy atom. The summed E-state index contributed by atoms with van der Waals surface area (Å²) in [6, 6.07) is 6.13. The van der Waals surface area contributed by atoms with Crippen molar-refractivity contribution >= 4 is 43.3 Å². The summed E-state index contributed by atoms with van der Waals surface area (Å²) >= 11 is 5.00. The number of alkyl halides is 1. The first kappa shape index (κ1) is 10.8. The second-order valence-corrected chi connectivity index (χ2v) is 5.43. The molecule has 2 nitrogen and oxygen atoms in total. The molecule has 0 saturated carbocycles. The number of carbonyl (C=O) groups excluding carboxylic acids is 1. The molecule has 1 aromatic carbocycles. The molecule has 0 aliphatic rings. The summed E-state index contributed by atoms with van der Waals surface area (Å²) in [5, 5.41) is 0. The lowest BCUT2D eigenvalue weighted by atomic mass is 10.1. The third-order valence-electron chi connectivity index (χ3n) is 2.25. The van der Waals surface area contributed by atoms with E-state index in [1.807, 2.05) is 17.6 Å². The van der Waals surface area contributed by atoms with E-state index in [2.05, 4.69) is 27.0 Å². The van der Waals surface area contributed by atoms with Crippen LogP contribution >= 0.6 is 27.3 Å². The number of aromatic nitrogens is 1. The highest BCUT2D eigenvalue weighted by Gasteiger charge is 2.10. The first-order valence-electron chi connectivity index (χ1n) is 4.63. The number of Topliss-reactive ketones (excluding diaryl/α,β-unsaturated/α-hetero) is 1. The van der Waals surface area contributed by atoms with Crippen molar-refractivity contribution in [2.24, 2.45) is 0 Å². The first-order chi connectivity index (χ1) is 7.16. The van der Waals surface area contributed by atoms with Crippen molar-refractivity contribution in [3.05, 3.63) is 29.3 Å². The van der Waals surface area contributed by atoms with Crippen LogP contribution in [0.4, 0.5) is 0 Å². The minimum Gasteiger partial charge on any atom is -0.299 e. The van der Waals surface area contributed by atoms with Gasteiger partial charge < -0.3 is 0 Å². The summed E-state index contributed by atoms with van der Waals surface area (Å²) in [7, 11) is 0. The van der Waals surface area contributed by atoms with Crippen molar-refractivity contribution in [3.8, 4) is 0 Å². The Morgan fingerprint density at radius 1 is 1.60 bits per heavy atom. The van der Waals surface area contributed by atoms with Crippen LogP contribution in [0.5, 0.6) is 0 Å². The van der Waals surface area contributed by atoms with Gasteiger partial charge >= 0.3 is 0 Å². The number of carbonyl (C=O) groups is 1. The van der Waals surface area contributed by atoms with E-state index in [0.29, 0.717) is 0 Å². The van der Waals surface area contributed by atoms with E-state index in [4.69, 9.17) is 0 Å². The molecule has 0 amide bonds. The molecule has 0 aliphatic carbocycles. The van der Waals surface area contributed by atoms with Gasteiger partial charge in [-0.2, -0.15) is 0 Å². The normalized spacial score (nSPS) is 12.9. The molecule has 1 unspecified atom stereocenters. The highest BCUT2D eigenvalue weighted by Crippen LogP contribution is 2.21. The van der Waals surface area contributed by atoms with Gasteiger partial charge in [-0.1, -0.05) is 22.0 Å². The molecule has 15 heavy (non-hydrogen) atoms. The fourth-order valence-electron chi connectivity index (χ4n) is 1.38. The number of fused-ring (bicyclic) bond motifs is 1. The minimum absolute atomic E-state index is 0.0807. The second kappa shape index (κ2) is 4.41. The van der Waals surface area contributed by atoms with Gasteiger partial charge in [0, 0.05) is 0 Å². The van der Waals surface area contributed by atoms with Crippen LogP contribution in [0.25, 0.3) is 10.2 Å². The van der Waals surface area contributed by atoms with Crippen LogP contribution in [0.15, 0.2) is 23.7 Å². The number of hydrogen-bond acceptors (Lipinski definition) is 3. The third-order valence-corrected chi connectivity index (χ3v) is 4.01. The van der Waals surface area contributed by atoms with E-state index < -0.39 is 0 Å². The molecule has 0 spiro atoms. The van der Waals surface area contributed by atoms with Gasteiger partial charge in [-0.25, -0.2) is 4.98 Å². The van der Waals surface area contributed by atoms with E-state index in [0.717, 1.165) is 11.9 Å². The second-order valence-electron chi connectivity index (χ2n) is 3.44. The van der Waals surface area contributed by atoms with Crippen molar-refractivity contribution in [2.75, 3.05) is 0 Å². The fourth-order valence-corrected chi connectivity index (χ4v) is 2.49. The van der Waals surface area contributed by atoms with Crippen LogP contribution in [0.2, 0.25) is 0 Å². The topological polar surface area (TPSA) is 30.0 Å². The summed E-state index contributed by atoms with van der Waals surface area (Å²) in [4.78, 5) is 15.2. The number of benzene rings is 1. The Morgan fingerprint density at radius 2 is 2.40 bits per heavy atom. The van der Waals surface area contributed by atoms with Crippen molar-refractivity contribution in [1.82, 2.24) is 4.98 Å². The van der Waals surface area contributed by atoms with Crippen molar-refractivity contribution in [1.29, 1.82) is 0 Å². The average molecular weight is 284 g/mol. The molecule has 78 valence electrons. The maximum absolute atomic E-state index is 11.1. The molecule has 0 aliphatic heterocycles. The summed E-state index contributed by atoms with van der Waals surface area (Å²) < 4.78 is 1.18. The Balaban J connectivity index is 2.24. The standard InChI is InChI=1S/C11H10BrNOS/c1-7(14)9(12)4-8-2-3-10-11(5-8)15-6-13-10/h2-3,5-6,9H,4H2,1H3. The summed E-state index contributed by atoms with van der Waals surface area (Å²) in [5.74, 6) is 0.166. The largest absolute Gasteiger partial charge is 0.299 e. The van der Waals surface area contributed by atoms with Crippen LogP contribution in [-0.2, 0) is 11.2 Å². The van der Waals surface area contributed by atoms with Gasteiger partial charge in [-0.15, -0.1) is 11.3 Å². The summed E-state index contributed by atoms with van der Waals surface area (Å²) in [6.07, 6.45) is 0.739. The lowest BCUT2D eigenvalue weighted by molar-refractivity contribution is -0.116. The van der Waals surface area contributed by atoms with Crippen LogP contribution in [-0.4, -0.2) is 15.6 Å². The van der Waals surface area contributed by atoms with Crippen LogP contribution in [0.3, 0.4) is 0 Å². The van der Waals surface area contributed by atoms with Gasteiger partial charge in [0.1, 0.15) is 5.78 Å². The first-order valence-corrected chi connectivity index (χ1v) is 6.43. The predicted octanol–water partition coefficient (Wildman–Crippen LogP) is 3.19. The lowest BCUT2D eigenvalue weighted by Crippen LogP contribution is -2.12. The molecular weight excluding hydrogens is 274 g/mol. The van der Waals surface area contributed by atoms with E-state index in [-0.39, 0.29) is 10.6 Å². The number of halogens is 1. The zero-order valence-electron chi connectivity index (χ0n) is 8.24. The number of thiazole rings is 1. The number of ketones is 1. The van der Waals surface area contributed by atoms with Gasteiger partial charge in [-0.3, -0.25) is 4.79 Å². The Hall–Kier alpha value is -0.740. The Bertz CT molecular complexity index is 494. The zero-order valence-corrected chi connectivity index (χ0v) is 10.6. The van der Waals surface area contributed by atoms with Crippen LogP contribution in [0, 0.1) is 0 Å². The lowest BCUT2D eigenvalue weighted by Gasteiger charge is -2.05. The van der Waals surface area contributed by atoms with E-state index >= 15 is 0 Å². The van der Waals surface area contributed by atoms with Crippen molar-refractivity contribution < 1.29 is 4.79 Å². The maximum Gasteiger partial charge on any atom is 0.143 e. The molecule has 2 aromatic rings. The van der Waals surface area contributed by atoms with Gasteiger partial charge in [0.2, 0.25) is 0 Å². The highest BCUT2D eigenvalue weighted by molar-refractivity contribution is 9.10. The van der Waals surface area contributed by atoms with Crippen LogP contribution in [0.1, 0.15) is 12.5 Å². The number of nitrogens with zero attached hydrogens (tertiary/aromatic N) is 1. The van der Waals surface area contributed by atoms with Crippen molar-refractivity contribution in [2.45, 2.75) is 18.2 Å². The third kappa shape index (κ3) is 2.44. The molecule has 4 heteroatoms. The van der Waals surface area contributed by atoms with Gasteiger partial charge in [-0.05, 0) is 31.0 Å². The molecule has 2 rings (SSSR count).